The first-order valence-corrected chi connectivity index (χ1v) is 19.5. The van der Waals surface area contributed by atoms with E-state index >= 15 is 0 Å². The summed E-state index contributed by atoms with van der Waals surface area (Å²) in [4.78, 5) is 21.2. The van der Waals surface area contributed by atoms with Gasteiger partial charge < -0.3 is 4.57 Å². The molecule has 0 bridgehead atoms. The second-order valence-corrected chi connectivity index (χ2v) is 14.9. The van der Waals surface area contributed by atoms with Crippen LogP contribution in [-0.2, 0) is 0 Å². The molecule has 7 aromatic carbocycles. The molecule has 11 rings (SSSR count). The van der Waals surface area contributed by atoms with Crippen LogP contribution in [0.4, 0.5) is 0 Å². The van der Waals surface area contributed by atoms with Crippen molar-refractivity contribution in [1.82, 2.24) is 24.5 Å². The van der Waals surface area contributed by atoms with Crippen LogP contribution in [0.25, 0.3) is 104 Å². The molecule has 0 saturated carbocycles. The maximum atomic E-state index is 5.46. The highest BCUT2D eigenvalue weighted by atomic mass is 32.1. The summed E-state index contributed by atoms with van der Waals surface area (Å²) in [7, 11) is 0. The van der Waals surface area contributed by atoms with Crippen LogP contribution in [-0.4, -0.2) is 24.5 Å². The fraction of sp³-hybridized carbons (Fsp3) is 0. The number of fused-ring (bicyclic) bond motifs is 7. The van der Waals surface area contributed by atoms with Gasteiger partial charge in [0.1, 0.15) is 4.83 Å². The van der Waals surface area contributed by atoms with Crippen LogP contribution in [0.5, 0.6) is 0 Å². The number of rotatable bonds is 6. The van der Waals surface area contributed by atoms with Crippen LogP contribution in [0.3, 0.4) is 0 Å². The fourth-order valence-corrected chi connectivity index (χ4v) is 8.92. The van der Waals surface area contributed by atoms with E-state index in [2.05, 4.69) is 132 Å². The Morgan fingerprint density at radius 3 is 1.43 bits per heavy atom. The van der Waals surface area contributed by atoms with Crippen molar-refractivity contribution in [3.8, 4) is 62.2 Å². The van der Waals surface area contributed by atoms with Crippen LogP contribution >= 0.6 is 11.3 Å². The summed E-state index contributed by atoms with van der Waals surface area (Å²) >= 11 is 1.76. The number of pyridine rings is 1. The second kappa shape index (κ2) is 13.2. The number of benzene rings is 7. The van der Waals surface area contributed by atoms with E-state index in [1.807, 2.05) is 60.7 Å². The van der Waals surface area contributed by atoms with E-state index in [4.69, 9.17) is 19.9 Å². The first kappa shape index (κ1) is 32.2. The highest BCUT2D eigenvalue weighted by Gasteiger charge is 2.23. The molecule has 0 saturated heterocycles. The minimum Gasteiger partial charge on any atom is -0.308 e. The molecular formula is C50H31N5S. The van der Waals surface area contributed by atoms with E-state index in [1.165, 1.54) is 37.3 Å². The normalized spacial score (nSPS) is 11.6. The van der Waals surface area contributed by atoms with Gasteiger partial charge in [-0.05, 0) is 35.4 Å². The van der Waals surface area contributed by atoms with Gasteiger partial charge in [0.05, 0.1) is 16.7 Å². The zero-order valence-corrected chi connectivity index (χ0v) is 30.9. The third-order valence-electron chi connectivity index (χ3n) is 10.5. The van der Waals surface area contributed by atoms with Gasteiger partial charge in [-0.15, -0.1) is 11.3 Å². The predicted molar refractivity (Wildman–Crippen MR) is 232 cm³/mol. The monoisotopic (exact) mass is 733 g/mol. The van der Waals surface area contributed by atoms with Crippen molar-refractivity contribution in [3.05, 3.63) is 188 Å². The van der Waals surface area contributed by atoms with E-state index in [0.717, 1.165) is 49.6 Å². The summed E-state index contributed by atoms with van der Waals surface area (Å²) in [6.45, 7) is 0. The van der Waals surface area contributed by atoms with Crippen molar-refractivity contribution in [2.75, 3.05) is 0 Å². The Morgan fingerprint density at radius 1 is 0.357 bits per heavy atom. The molecule has 0 atom stereocenters. The standard InChI is InChI=1S/C50H31N5S/c1-4-14-35(15-5-1)47-52-48(36-16-6-2-7-17-36)54-49(53-47)37-30-26-33(27-31-37)32-24-28-34(29-25-32)45-43-39-20-10-12-22-41(39)55(38-18-8-3-9-19-38)46(43)44-40-21-11-13-23-42(40)56-50(44)51-45/h1-31H. The predicted octanol–water partition coefficient (Wildman–Crippen LogP) is 13.1. The highest BCUT2D eigenvalue weighted by molar-refractivity contribution is 7.25. The van der Waals surface area contributed by atoms with Crippen LogP contribution in [0, 0.1) is 0 Å². The number of hydrogen-bond acceptors (Lipinski definition) is 5. The largest absolute Gasteiger partial charge is 0.308 e. The average Bonchev–Trinajstić information content (AvgIpc) is 3.83. The Morgan fingerprint density at radius 2 is 0.821 bits per heavy atom. The number of nitrogens with zero attached hydrogens (tertiary/aromatic N) is 5. The van der Waals surface area contributed by atoms with Crippen molar-refractivity contribution >= 4 is 53.4 Å². The molecule has 0 N–H and O–H groups in total. The topological polar surface area (TPSA) is 56.5 Å². The number of hydrogen-bond donors (Lipinski definition) is 0. The molecule has 0 aliphatic rings. The molecule has 4 heterocycles. The first-order chi connectivity index (χ1) is 27.8. The van der Waals surface area contributed by atoms with Gasteiger partial charge in [-0.25, -0.2) is 19.9 Å². The Bertz CT molecular complexity index is 3150. The first-order valence-electron chi connectivity index (χ1n) is 18.6. The summed E-state index contributed by atoms with van der Waals surface area (Å²) in [6, 6.07) is 65.5. The van der Waals surface area contributed by atoms with Crippen LogP contribution < -0.4 is 0 Å². The lowest BCUT2D eigenvalue weighted by molar-refractivity contribution is 1.07. The van der Waals surface area contributed by atoms with Gasteiger partial charge in [0.25, 0.3) is 0 Å². The molecule has 4 aromatic heterocycles. The van der Waals surface area contributed by atoms with E-state index in [-0.39, 0.29) is 0 Å². The molecule has 11 aromatic rings. The lowest BCUT2D eigenvalue weighted by atomic mass is 9.99. The van der Waals surface area contributed by atoms with Crippen molar-refractivity contribution in [3.63, 3.8) is 0 Å². The van der Waals surface area contributed by atoms with Gasteiger partial charge in [0, 0.05) is 54.2 Å². The third-order valence-corrected chi connectivity index (χ3v) is 11.6. The zero-order valence-electron chi connectivity index (χ0n) is 30.0. The summed E-state index contributed by atoms with van der Waals surface area (Å²) in [6.07, 6.45) is 0. The molecule has 0 fully saturated rings. The summed E-state index contributed by atoms with van der Waals surface area (Å²) < 4.78 is 3.66. The van der Waals surface area contributed by atoms with E-state index < -0.39 is 0 Å². The van der Waals surface area contributed by atoms with Crippen molar-refractivity contribution in [2.45, 2.75) is 0 Å². The minimum atomic E-state index is 0.640. The highest BCUT2D eigenvalue weighted by Crippen LogP contribution is 2.45. The van der Waals surface area contributed by atoms with E-state index in [0.29, 0.717) is 17.5 Å². The van der Waals surface area contributed by atoms with Gasteiger partial charge >= 0.3 is 0 Å². The van der Waals surface area contributed by atoms with Gasteiger partial charge in [-0.1, -0.05) is 164 Å². The minimum absolute atomic E-state index is 0.640. The smallest absolute Gasteiger partial charge is 0.164 e. The number of para-hydroxylation sites is 2. The van der Waals surface area contributed by atoms with Crippen molar-refractivity contribution in [1.29, 1.82) is 0 Å². The molecule has 0 amide bonds. The van der Waals surface area contributed by atoms with Crippen LogP contribution in [0.15, 0.2) is 188 Å². The molecule has 0 radical (unpaired) electrons. The Hall–Kier alpha value is -7.28. The fourth-order valence-electron chi connectivity index (χ4n) is 7.84. The van der Waals surface area contributed by atoms with Crippen LogP contribution in [0.2, 0.25) is 0 Å². The zero-order chi connectivity index (χ0) is 37.0. The Balaban J connectivity index is 1.02. The number of aromatic nitrogens is 5. The number of thiophene rings is 1. The molecular weight excluding hydrogens is 703 g/mol. The Kier molecular flexibility index (Phi) is 7.60. The molecule has 0 aliphatic carbocycles. The summed E-state index contributed by atoms with van der Waals surface area (Å²) in [5.74, 6) is 1.94. The average molecular weight is 734 g/mol. The molecule has 262 valence electrons. The molecule has 5 nitrogen and oxygen atoms in total. The lowest BCUT2D eigenvalue weighted by Gasteiger charge is -2.11. The summed E-state index contributed by atoms with van der Waals surface area (Å²) in [5, 5.41) is 4.79. The van der Waals surface area contributed by atoms with Gasteiger partial charge in [0.15, 0.2) is 17.5 Å². The molecule has 56 heavy (non-hydrogen) atoms. The SMILES string of the molecule is c1ccc(-c2nc(-c3ccccc3)nc(-c3ccc(-c4ccc(-c5nc6sc7ccccc7c6c6c5c5ccccc5n6-c5ccccc5)cc4)cc3)n2)cc1. The quantitative estimate of drug-likeness (QED) is 0.171. The lowest BCUT2D eigenvalue weighted by Crippen LogP contribution is -2.00. The van der Waals surface area contributed by atoms with Gasteiger partial charge in [-0.2, -0.15) is 0 Å². The molecule has 6 heteroatoms. The third kappa shape index (κ3) is 5.38. The van der Waals surface area contributed by atoms with Gasteiger partial charge in [-0.3, -0.25) is 0 Å². The maximum Gasteiger partial charge on any atom is 0.164 e. The molecule has 0 spiro atoms. The van der Waals surface area contributed by atoms with Crippen molar-refractivity contribution in [2.24, 2.45) is 0 Å². The van der Waals surface area contributed by atoms with E-state index in [9.17, 15) is 0 Å². The summed E-state index contributed by atoms with van der Waals surface area (Å²) in [5.41, 5.74) is 10.6. The van der Waals surface area contributed by atoms with Gasteiger partial charge in [0.2, 0.25) is 0 Å². The van der Waals surface area contributed by atoms with E-state index in [1.54, 1.807) is 11.3 Å². The Labute approximate surface area is 326 Å². The van der Waals surface area contributed by atoms with Crippen LogP contribution in [0.1, 0.15) is 0 Å². The second-order valence-electron chi connectivity index (χ2n) is 13.8. The molecule has 0 aliphatic heterocycles. The maximum absolute atomic E-state index is 5.46. The van der Waals surface area contributed by atoms with Crippen molar-refractivity contribution < 1.29 is 0 Å². The molecule has 0 unspecified atom stereocenters.